The van der Waals surface area contributed by atoms with E-state index in [4.69, 9.17) is 5.73 Å². The van der Waals surface area contributed by atoms with Crippen LogP contribution in [0.4, 0.5) is 0 Å². The second-order valence-corrected chi connectivity index (χ2v) is 3.65. The van der Waals surface area contributed by atoms with Crippen LogP contribution in [0.2, 0.25) is 0 Å². The molecular weight excluding hydrogens is 190 g/mol. The van der Waals surface area contributed by atoms with Crippen LogP contribution in [0.5, 0.6) is 0 Å². The zero-order valence-electron chi connectivity index (χ0n) is 8.94. The summed E-state index contributed by atoms with van der Waals surface area (Å²) in [6.45, 7) is 2.56. The second-order valence-electron chi connectivity index (χ2n) is 3.65. The Bertz CT molecular complexity index is 298. The number of hydrogen-bond donors (Lipinski definition) is 2. The van der Waals surface area contributed by atoms with Gasteiger partial charge in [-0.3, -0.25) is 9.78 Å². The van der Waals surface area contributed by atoms with Crippen molar-refractivity contribution in [3.05, 3.63) is 30.1 Å². The van der Waals surface area contributed by atoms with Crippen molar-refractivity contribution in [2.75, 3.05) is 6.54 Å². The Kier molecular flexibility index (Phi) is 4.77. The number of aromatic nitrogens is 1. The Morgan fingerprint density at radius 2 is 2.47 bits per heavy atom. The number of nitrogens with one attached hydrogen (secondary N) is 1. The molecule has 1 heterocycles. The van der Waals surface area contributed by atoms with Crippen LogP contribution in [0.15, 0.2) is 24.5 Å². The molecule has 0 aliphatic heterocycles. The lowest BCUT2D eigenvalue weighted by molar-refractivity contribution is -0.120. The van der Waals surface area contributed by atoms with Gasteiger partial charge in [0, 0.05) is 25.0 Å². The first-order chi connectivity index (χ1) is 7.18. The molecule has 0 bridgehead atoms. The lowest BCUT2D eigenvalue weighted by Crippen LogP contribution is -2.30. The summed E-state index contributed by atoms with van der Waals surface area (Å²) in [5.74, 6) is 0.0173. The van der Waals surface area contributed by atoms with E-state index in [-0.39, 0.29) is 11.9 Å². The van der Waals surface area contributed by atoms with E-state index < -0.39 is 0 Å². The zero-order valence-corrected chi connectivity index (χ0v) is 8.94. The molecule has 0 saturated carbocycles. The number of hydrogen-bond acceptors (Lipinski definition) is 3. The number of carbonyl (C=O) groups excluding carboxylic acids is 1. The SMILES string of the molecule is CC(N)CCNC(=O)Cc1cccnc1. The highest BCUT2D eigenvalue weighted by atomic mass is 16.1. The van der Waals surface area contributed by atoms with Crippen LogP contribution in [0, 0.1) is 0 Å². The molecule has 0 aliphatic rings. The first-order valence-corrected chi connectivity index (χ1v) is 5.09. The molecule has 1 aromatic heterocycles. The van der Waals surface area contributed by atoms with Crippen molar-refractivity contribution in [2.45, 2.75) is 25.8 Å². The Labute approximate surface area is 89.9 Å². The van der Waals surface area contributed by atoms with Crippen molar-refractivity contribution < 1.29 is 4.79 Å². The fourth-order valence-corrected chi connectivity index (χ4v) is 1.19. The molecule has 1 atom stereocenters. The fraction of sp³-hybridized carbons (Fsp3) is 0.455. The number of rotatable bonds is 5. The van der Waals surface area contributed by atoms with E-state index in [9.17, 15) is 4.79 Å². The molecule has 4 nitrogen and oxygen atoms in total. The first-order valence-electron chi connectivity index (χ1n) is 5.09. The second kappa shape index (κ2) is 6.14. The summed E-state index contributed by atoms with van der Waals surface area (Å²) in [5, 5.41) is 2.82. The van der Waals surface area contributed by atoms with Crippen molar-refractivity contribution in [3.63, 3.8) is 0 Å². The average Bonchev–Trinajstić information content (AvgIpc) is 2.18. The molecule has 0 fully saturated rings. The zero-order chi connectivity index (χ0) is 11.1. The summed E-state index contributed by atoms with van der Waals surface area (Å²) in [7, 11) is 0. The molecule has 4 heteroatoms. The molecule has 1 rings (SSSR count). The van der Waals surface area contributed by atoms with E-state index in [1.165, 1.54) is 0 Å². The van der Waals surface area contributed by atoms with Crippen molar-refractivity contribution in [3.8, 4) is 0 Å². The van der Waals surface area contributed by atoms with Gasteiger partial charge in [0.15, 0.2) is 0 Å². The fourth-order valence-electron chi connectivity index (χ4n) is 1.19. The van der Waals surface area contributed by atoms with Gasteiger partial charge in [-0.2, -0.15) is 0 Å². The van der Waals surface area contributed by atoms with Gasteiger partial charge in [0.05, 0.1) is 6.42 Å². The van der Waals surface area contributed by atoms with Gasteiger partial charge in [0.1, 0.15) is 0 Å². The molecule has 15 heavy (non-hydrogen) atoms. The van der Waals surface area contributed by atoms with E-state index in [0.29, 0.717) is 13.0 Å². The minimum Gasteiger partial charge on any atom is -0.356 e. The first kappa shape index (κ1) is 11.7. The van der Waals surface area contributed by atoms with Crippen molar-refractivity contribution in [1.29, 1.82) is 0 Å². The summed E-state index contributed by atoms with van der Waals surface area (Å²) >= 11 is 0. The Balaban J connectivity index is 2.25. The van der Waals surface area contributed by atoms with Gasteiger partial charge < -0.3 is 11.1 Å². The van der Waals surface area contributed by atoms with Gasteiger partial charge >= 0.3 is 0 Å². The van der Waals surface area contributed by atoms with Crippen LogP contribution in [-0.4, -0.2) is 23.5 Å². The number of nitrogens with two attached hydrogens (primary N) is 1. The van der Waals surface area contributed by atoms with Crippen LogP contribution >= 0.6 is 0 Å². The Morgan fingerprint density at radius 3 is 3.07 bits per heavy atom. The standard InChI is InChI=1S/C11H17N3O/c1-9(12)4-6-14-11(15)7-10-3-2-5-13-8-10/h2-3,5,8-9H,4,6-7,12H2,1H3,(H,14,15). The number of pyridine rings is 1. The molecule has 1 amide bonds. The molecule has 0 aliphatic carbocycles. The number of carbonyl (C=O) groups is 1. The molecule has 1 unspecified atom stereocenters. The van der Waals surface area contributed by atoms with Gasteiger partial charge in [-0.05, 0) is 25.0 Å². The predicted octanol–water partition coefficient (Wildman–Crippen LogP) is 0.478. The summed E-state index contributed by atoms with van der Waals surface area (Å²) in [4.78, 5) is 15.4. The van der Waals surface area contributed by atoms with E-state index in [0.717, 1.165) is 12.0 Å². The van der Waals surface area contributed by atoms with Crippen LogP contribution in [0.1, 0.15) is 18.9 Å². The van der Waals surface area contributed by atoms with Gasteiger partial charge in [0.25, 0.3) is 0 Å². The van der Waals surface area contributed by atoms with Crippen molar-refractivity contribution >= 4 is 5.91 Å². The molecule has 0 aromatic carbocycles. The maximum atomic E-state index is 11.4. The van der Waals surface area contributed by atoms with Crippen LogP contribution in [0.3, 0.4) is 0 Å². The molecule has 82 valence electrons. The lowest BCUT2D eigenvalue weighted by Gasteiger charge is -2.06. The van der Waals surface area contributed by atoms with Gasteiger partial charge in [-0.1, -0.05) is 6.07 Å². The summed E-state index contributed by atoms with van der Waals surface area (Å²) < 4.78 is 0. The third-order valence-corrected chi connectivity index (χ3v) is 2.01. The summed E-state index contributed by atoms with van der Waals surface area (Å²) in [6, 6.07) is 3.84. The van der Waals surface area contributed by atoms with Gasteiger partial charge in [0.2, 0.25) is 5.91 Å². The minimum absolute atomic E-state index is 0.0173. The highest BCUT2D eigenvalue weighted by molar-refractivity contribution is 5.78. The molecule has 0 radical (unpaired) electrons. The third-order valence-electron chi connectivity index (χ3n) is 2.01. The Morgan fingerprint density at radius 1 is 1.67 bits per heavy atom. The van der Waals surface area contributed by atoms with Crippen molar-refractivity contribution in [2.24, 2.45) is 5.73 Å². The van der Waals surface area contributed by atoms with E-state index >= 15 is 0 Å². The normalized spacial score (nSPS) is 12.1. The smallest absolute Gasteiger partial charge is 0.224 e. The highest BCUT2D eigenvalue weighted by Gasteiger charge is 2.02. The quantitative estimate of drug-likeness (QED) is 0.737. The van der Waals surface area contributed by atoms with Crippen molar-refractivity contribution in [1.82, 2.24) is 10.3 Å². The average molecular weight is 207 g/mol. The summed E-state index contributed by atoms with van der Waals surface area (Å²) in [5.41, 5.74) is 6.50. The topological polar surface area (TPSA) is 68.0 Å². The largest absolute Gasteiger partial charge is 0.356 e. The van der Waals surface area contributed by atoms with E-state index in [1.807, 2.05) is 19.1 Å². The molecule has 0 saturated heterocycles. The van der Waals surface area contributed by atoms with E-state index in [2.05, 4.69) is 10.3 Å². The lowest BCUT2D eigenvalue weighted by atomic mass is 10.2. The number of nitrogens with zero attached hydrogens (tertiary/aromatic N) is 1. The Hall–Kier alpha value is -1.42. The third kappa shape index (κ3) is 5.12. The predicted molar refractivity (Wildman–Crippen MR) is 59.2 cm³/mol. The number of amides is 1. The van der Waals surface area contributed by atoms with Gasteiger partial charge in [-0.25, -0.2) is 0 Å². The molecule has 3 N–H and O–H groups in total. The van der Waals surface area contributed by atoms with Crippen LogP contribution < -0.4 is 11.1 Å². The monoisotopic (exact) mass is 207 g/mol. The van der Waals surface area contributed by atoms with Crippen LogP contribution in [-0.2, 0) is 11.2 Å². The maximum Gasteiger partial charge on any atom is 0.224 e. The van der Waals surface area contributed by atoms with Gasteiger partial charge in [-0.15, -0.1) is 0 Å². The minimum atomic E-state index is 0.0173. The van der Waals surface area contributed by atoms with Crippen LogP contribution in [0.25, 0.3) is 0 Å². The van der Waals surface area contributed by atoms with E-state index in [1.54, 1.807) is 12.4 Å². The molecule has 1 aromatic rings. The molecule has 0 spiro atoms. The maximum absolute atomic E-state index is 11.4. The summed E-state index contributed by atoms with van der Waals surface area (Å²) in [6.07, 6.45) is 4.58. The highest BCUT2D eigenvalue weighted by Crippen LogP contribution is 1.96. The molecular formula is C11H17N3O.